The number of likely N-dealkylation sites (tertiary alicyclic amines) is 1. The summed E-state index contributed by atoms with van der Waals surface area (Å²) in [5.74, 6) is 1.33. The molecule has 1 N–H and O–H groups in total. The van der Waals surface area contributed by atoms with Crippen LogP contribution < -0.4 is 9.47 Å². The van der Waals surface area contributed by atoms with E-state index in [0.717, 1.165) is 6.42 Å². The first-order valence-electron chi connectivity index (χ1n) is 6.58. The lowest BCUT2D eigenvalue weighted by molar-refractivity contribution is 0.0771. The van der Waals surface area contributed by atoms with Gasteiger partial charge in [-0.1, -0.05) is 6.07 Å². The van der Waals surface area contributed by atoms with Crippen LogP contribution in [0.15, 0.2) is 18.2 Å². The Kier molecular flexibility index (Phi) is 3.29. The summed E-state index contributed by atoms with van der Waals surface area (Å²) in [7, 11) is 0. The summed E-state index contributed by atoms with van der Waals surface area (Å²) in [6.45, 7) is 2.42. The highest BCUT2D eigenvalue weighted by molar-refractivity contribution is 5.98. The second kappa shape index (κ2) is 5.09. The van der Waals surface area contributed by atoms with Crippen molar-refractivity contribution in [3.05, 3.63) is 23.8 Å². The summed E-state index contributed by atoms with van der Waals surface area (Å²) in [6.07, 6.45) is 0.856. The summed E-state index contributed by atoms with van der Waals surface area (Å²) in [6, 6.07) is 5.38. The molecule has 1 saturated heterocycles. The quantitative estimate of drug-likeness (QED) is 0.861. The van der Waals surface area contributed by atoms with Crippen molar-refractivity contribution < 1.29 is 19.4 Å². The van der Waals surface area contributed by atoms with Crippen LogP contribution >= 0.6 is 0 Å². The number of benzene rings is 1. The van der Waals surface area contributed by atoms with E-state index in [-0.39, 0.29) is 18.4 Å². The zero-order chi connectivity index (χ0) is 13.2. The maximum Gasteiger partial charge on any atom is 0.257 e. The molecule has 1 fully saturated rings. The minimum atomic E-state index is -0.0432. The number of fused-ring (bicyclic) bond motifs is 1. The highest BCUT2D eigenvalue weighted by Gasteiger charge is 2.29. The molecule has 1 aromatic carbocycles. The Bertz CT molecular complexity index is 488. The summed E-state index contributed by atoms with van der Waals surface area (Å²) < 4.78 is 11.1. The zero-order valence-corrected chi connectivity index (χ0v) is 10.7. The van der Waals surface area contributed by atoms with Gasteiger partial charge in [-0.2, -0.15) is 0 Å². The minimum absolute atomic E-state index is 0.0432. The van der Waals surface area contributed by atoms with Gasteiger partial charge in [0.05, 0.1) is 5.56 Å². The Morgan fingerprint density at radius 2 is 2.21 bits per heavy atom. The number of hydrogen-bond donors (Lipinski definition) is 1. The topological polar surface area (TPSA) is 59.0 Å². The minimum Gasteiger partial charge on any atom is -0.486 e. The van der Waals surface area contributed by atoms with Crippen molar-refractivity contribution in [3.63, 3.8) is 0 Å². The van der Waals surface area contributed by atoms with E-state index in [1.807, 2.05) is 6.07 Å². The first-order valence-corrected chi connectivity index (χ1v) is 6.58. The summed E-state index contributed by atoms with van der Waals surface area (Å²) >= 11 is 0. The smallest absolute Gasteiger partial charge is 0.257 e. The van der Waals surface area contributed by atoms with Crippen LogP contribution in [0.3, 0.4) is 0 Å². The molecule has 0 radical (unpaired) electrons. The van der Waals surface area contributed by atoms with E-state index in [0.29, 0.717) is 43.4 Å². The van der Waals surface area contributed by atoms with Gasteiger partial charge in [0.25, 0.3) is 5.91 Å². The fourth-order valence-corrected chi connectivity index (χ4v) is 2.58. The number of aliphatic hydroxyl groups is 1. The van der Waals surface area contributed by atoms with Crippen molar-refractivity contribution in [2.45, 2.75) is 6.42 Å². The third-order valence-electron chi connectivity index (χ3n) is 3.63. The molecular weight excluding hydrogens is 246 g/mol. The van der Waals surface area contributed by atoms with Crippen LogP contribution in [0.5, 0.6) is 11.5 Å². The normalized spacial score (nSPS) is 21.5. The predicted octanol–water partition coefficient (Wildman–Crippen LogP) is 0.912. The molecule has 5 heteroatoms. The molecule has 0 bridgehead atoms. The molecule has 102 valence electrons. The largest absolute Gasteiger partial charge is 0.486 e. The van der Waals surface area contributed by atoms with Crippen LogP contribution in [0.1, 0.15) is 16.8 Å². The lowest BCUT2D eigenvalue weighted by Crippen LogP contribution is -2.30. The Morgan fingerprint density at radius 3 is 3.00 bits per heavy atom. The second-order valence-electron chi connectivity index (χ2n) is 4.92. The SMILES string of the molecule is O=C(c1cccc2c1OCCO2)N1CCC(CO)C1. The highest BCUT2D eigenvalue weighted by Crippen LogP contribution is 2.34. The number of rotatable bonds is 2. The van der Waals surface area contributed by atoms with Crippen molar-refractivity contribution in [1.29, 1.82) is 0 Å². The first-order chi connectivity index (χ1) is 9.29. The van der Waals surface area contributed by atoms with Crippen molar-refractivity contribution >= 4 is 5.91 Å². The Morgan fingerprint density at radius 1 is 1.37 bits per heavy atom. The van der Waals surface area contributed by atoms with Crippen LogP contribution in [0.2, 0.25) is 0 Å². The fourth-order valence-electron chi connectivity index (χ4n) is 2.58. The summed E-state index contributed by atoms with van der Waals surface area (Å²) in [5, 5.41) is 9.15. The van der Waals surface area contributed by atoms with Gasteiger partial charge in [0, 0.05) is 25.6 Å². The molecule has 0 aromatic heterocycles. The van der Waals surface area contributed by atoms with Crippen LogP contribution in [0.4, 0.5) is 0 Å². The van der Waals surface area contributed by atoms with Crippen LogP contribution in [-0.4, -0.2) is 48.8 Å². The second-order valence-corrected chi connectivity index (χ2v) is 4.92. The molecule has 1 amide bonds. The number of carbonyl (C=O) groups excluding carboxylic acids is 1. The number of carbonyl (C=O) groups is 1. The van der Waals surface area contributed by atoms with Gasteiger partial charge in [0.1, 0.15) is 13.2 Å². The molecule has 1 unspecified atom stereocenters. The highest BCUT2D eigenvalue weighted by atomic mass is 16.6. The Balaban J connectivity index is 1.84. The predicted molar refractivity (Wildman–Crippen MR) is 68.5 cm³/mol. The number of hydrogen-bond acceptors (Lipinski definition) is 4. The fraction of sp³-hybridized carbons (Fsp3) is 0.500. The molecule has 0 saturated carbocycles. The average Bonchev–Trinajstić information content (AvgIpc) is 2.95. The van der Waals surface area contributed by atoms with E-state index in [2.05, 4.69) is 0 Å². The molecule has 0 spiro atoms. The van der Waals surface area contributed by atoms with E-state index in [1.165, 1.54) is 0 Å². The van der Waals surface area contributed by atoms with Gasteiger partial charge in [-0.25, -0.2) is 0 Å². The Labute approximate surface area is 111 Å². The van der Waals surface area contributed by atoms with E-state index >= 15 is 0 Å². The van der Waals surface area contributed by atoms with Crippen molar-refractivity contribution in [1.82, 2.24) is 4.90 Å². The van der Waals surface area contributed by atoms with Gasteiger partial charge in [0.2, 0.25) is 0 Å². The van der Waals surface area contributed by atoms with Crippen molar-refractivity contribution in [2.75, 3.05) is 32.9 Å². The monoisotopic (exact) mass is 263 g/mol. The van der Waals surface area contributed by atoms with Crippen LogP contribution in [0, 0.1) is 5.92 Å². The maximum atomic E-state index is 12.5. The molecule has 2 heterocycles. The van der Waals surface area contributed by atoms with Crippen molar-refractivity contribution in [3.8, 4) is 11.5 Å². The molecule has 3 rings (SSSR count). The molecular formula is C14H17NO4. The van der Waals surface area contributed by atoms with Crippen LogP contribution in [0.25, 0.3) is 0 Å². The number of amides is 1. The molecule has 1 atom stereocenters. The zero-order valence-electron chi connectivity index (χ0n) is 10.7. The van der Waals surface area contributed by atoms with Crippen LogP contribution in [-0.2, 0) is 0 Å². The third-order valence-corrected chi connectivity index (χ3v) is 3.63. The standard InChI is InChI=1S/C14H17NO4/c16-9-10-4-5-15(8-10)14(17)11-2-1-3-12-13(11)19-7-6-18-12/h1-3,10,16H,4-9H2. The lowest BCUT2D eigenvalue weighted by atomic mass is 10.1. The molecule has 19 heavy (non-hydrogen) atoms. The van der Waals surface area contributed by atoms with E-state index in [1.54, 1.807) is 17.0 Å². The van der Waals surface area contributed by atoms with Gasteiger partial charge in [-0.15, -0.1) is 0 Å². The third kappa shape index (κ3) is 2.26. The number of para-hydroxylation sites is 1. The van der Waals surface area contributed by atoms with E-state index in [4.69, 9.17) is 14.6 Å². The van der Waals surface area contributed by atoms with Gasteiger partial charge in [-0.05, 0) is 18.6 Å². The number of aliphatic hydroxyl groups excluding tert-OH is 1. The first kappa shape index (κ1) is 12.3. The molecule has 2 aliphatic heterocycles. The van der Waals surface area contributed by atoms with Gasteiger partial charge in [-0.3, -0.25) is 4.79 Å². The van der Waals surface area contributed by atoms with Gasteiger partial charge < -0.3 is 19.5 Å². The van der Waals surface area contributed by atoms with Crippen molar-refractivity contribution in [2.24, 2.45) is 5.92 Å². The Hall–Kier alpha value is -1.75. The molecule has 1 aromatic rings. The lowest BCUT2D eigenvalue weighted by Gasteiger charge is -2.23. The molecule has 0 aliphatic carbocycles. The summed E-state index contributed by atoms with van der Waals surface area (Å²) in [4.78, 5) is 14.3. The maximum absolute atomic E-state index is 12.5. The van der Waals surface area contributed by atoms with E-state index in [9.17, 15) is 4.79 Å². The average molecular weight is 263 g/mol. The van der Waals surface area contributed by atoms with E-state index < -0.39 is 0 Å². The summed E-state index contributed by atoms with van der Waals surface area (Å²) in [5.41, 5.74) is 0.552. The molecule has 5 nitrogen and oxygen atoms in total. The molecule has 2 aliphatic rings. The van der Waals surface area contributed by atoms with Gasteiger partial charge in [0.15, 0.2) is 11.5 Å². The number of ether oxygens (including phenoxy) is 2. The number of nitrogens with zero attached hydrogens (tertiary/aromatic N) is 1. The van der Waals surface area contributed by atoms with Gasteiger partial charge >= 0.3 is 0 Å².